The van der Waals surface area contributed by atoms with Crippen molar-refractivity contribution < 1.29 is 19.0 Å². The molecule has 1 N–H and O–H groups in total. The zero-order valence-corrected chi connectivity index (χ0v) is 23.0. The third-order valence-electron chi connectivity index (χ3n) is 5.72. The molecule has 0 spiro atoms. The summed E-state index contributed by atoms with van der Waals surface area (Å²) in [6.45, 7) is 3.65. The second-order valence-corrected chi connectivity index (χ2v) is 10.0. The van der Waals surface area contributed by atoms with Crippen LogP contribution in [0, 0.1) is 6.92 Å². The smallest absolute Gasteiger partial charge is 0.253 e. The summed E-state index contributed by atoms with van der Waals surface area (Å²) < 4.78 is 18.3. The third kappa shape index (κ3) is 6.84. The van der Waals surface area contributed by atoms with Gasteiger partial charge in [-0.3, -0.25) is 4.79 Å². The van der Waals surface area contributed by atoms with E-state index in [0.29, 0.717) is 41.1 Å². The van der Waals surface area contributed by atoms with Gasteiger partial charge < -0.3 is 24.1 Å². The van der Waals surface area contributed by atoms with Crippen molar-refractivity contribution in [1.82, 2.24) is 14.9 Å². The molecule has 7 nitrogen and oxygen atoms in total. The van der Waals surface area contributed by atoms with Crippen molar-refractivity contribution in [2.24, 2.45) is 0 Å². The minimum Gasteiger partial charge on any atom is -0.497 e. The van der Waals surface area contributed by atoms with Gasteiger partial charge in [0.1, 0.15) is 23.1 Å². The Morgan fingerprint density at radius 3 is 2.46 bits per heavy atom. The summed E-state index contributed by atoms with van der Waals surface area (Å²) in [6, 6.07) is 14.8. The number of amides is 1. The molecule has 0 radical (unpaired) electrons. The highest BCUT2D eigenvalue weighted by Gasteiger charge is 2.20. The summed E-state index contributed by atoms with van der Waals surface area (Å²) in [7, 11) is 3.24. The van der Waals surface area contributed by atoms with Crippen molar-refractivity contribution in [1.29, 1.82) is 0 Å². The Hall–Kier alpha value is -3.04. The summed E-state index contributed by atoms with van der Waals surface area (Å²) >= 11 is 13.6. The quantitative estimate of drug-likeness (QED) is 0.220. The molecule has 0 bridgehead atoms. The molecular weight excluding hydrogens is 533 g/mol. The first-order chi connectivity index (χ1) is 17.9. The molecule has 0 saturated heterocycles. The van der Waals surface area contributed by atoms with E-state index in [2.05, 4.69) is 9.88 Å². The molecule has 0 unspecified atom stereocenters. The topological polar surface area (TPSA) is 74.6 Å². The van der Waals surface area contributed by atoms with Crippen molar-refractivity contribution >= 4 is 40.4 Å². The van der Waals surface area contributed by atoms with E-state index in [9.17, 15) is 4.79 Å². The summed E-state index contributed by atoms with van der Waals surface area (Å²) in [4.78, 5) is 17.7. The molecule has 37 heavy (non-hydrogen) atoms. The minimum absolute atomic E-state index is 0.152. The van der Waals surface area contributed by atoms with Crippen molar-refractivity contribution in [3.63, 3.8) is 0 Å². The predicted octanol–water partition coefficient (Wildman–Crippen LogP) is 6.24. The SMILES string of the molecule is COCCNC(=O)c1cc(-c2csc(COc3cc(Cl)cc(Cl)c3)n2)n(Cc2ccc(OC)cc2)c1C. The second kappa shape index (κ2) is 12.5. The van der Waals surface area contributed by atoms with E-state index in [-0.39, 0.29) is 12.5 Å². The van der Waals surface area contributed by atoms with Crippen LogP contribution in [0.15, 0.2) is 53.9 Å². The van der Waals surface area contributed by atoms with Crippen LogP contribution in [-0.2, 0) is 17.9 Å². The lowest BCUT2D eigenvalue weighted by Crippen LogP contribution is -2.27. The van der Waals surface area contributed by atoms with E-state index in [1.807, 2.05) is 42.6 Å². The molecule has 1 amide bonds. The van der Waals surface area contributed by atoms with Gasteiger partial charge in [-0.05, 0) is 48.9 Å². The van der Waals surface area contributed by atoms with Crippen LogP contribution in [-0.4, -0.2) is 42.8 Å². The number of aromatic nitrogens is 2. The zero-order chi connectivity index (χ0) is 26.4. The molecule has 0 aliphatic carbocycles. The van der Waals surface area contributed by atoms with Gasteiger partial charge in [-0.25, -0.2) is 4.98 Å². The highest BCUT2D eigenvalue weighted by Crippen LogP contribution is 2.30. The third-order valence-corrected chi connectivity index (χ3v) is 6.97. The molecule has 10 heteroatoms. The molecule has 0 aliphatic heterocycles. The van der Waals surface area contributed by atoms with Gasteiger partial charge in [0, 0.05) is 41.3 Å². The Kier molecular flexibility index (Phi) is 9.10. The normalized spacial score (nSPS) is 10.9. The molecule has 0 fully saturated rings. The summed E-state index contributed by atoms with van der Waals surface area (Å²) in [5.41, 5.74) is 4.13. The number of halogens is 2. The van der Waals surface area contributed by atoms with Crippen LogP contribution in [0.25, 0.3) is 11.4 Å². The fourth-order valence-corrected chi connectivity index (χ4v) is 5.02. The highest BCUT2D eigenvalue weighted by molar-refractivity contribution is 7.09. The van der Waals surface area contributed by atoms with Gasteiger partial charge in [-0.1, -0.05) is 35.3 Å². The van der Waals surface area contributed by atoms with Crippen molar-refractivity contribution in [3.8, 4) is 22.9 Å². The minimum atomic E-state index is -0.152. The molecule has 4 rings (SSSR count). The van der Waals surface area contributed by atoms with Gasteiger partial charge in [-0.15, -0.1) is 11.3 Å². The Bertz CT molecular complexity index is 1350. The summed E-state index contributed by atoms with van der Waals surface area (Å²) in [5, 5.41) is 6.67. The number of benzene rings is 2. The number of nitrogens with one attached hydrogen (secondary N) is 1. The first-order valence-corrected chi connectivity index (χ1v) is 13.2. The van der Waals surface area contributed by atoms with Gasteiger partial charge in [0.2, 0.25) is 0 Å². The number of methoxy groups -OCH3 is 2. The number of carbonyl (C=O) groups is 1. The number of thiazole rings is 1. The average molecular weight is 561 g/mol. The fourth-order valence-electron chi connectivity index (χ4n) is 3.82. The zero-order valence-electron chi connectivity index (χ0n) is 20.7. The summed E-state index contributed by atoms with van der Waals surface area (Å²) in [5.74, 6) is 1.21. The standard InChI is InChI=1S/C27H27Cl2N3O4S/c1-17-23(27(33)30-8-9-34-2)13-25(32(17)14-18-4-6-21(35-3)7-5-18)24-16-37-26(31-24)15-36-22-11-19(28)10-20(29)12-22/h4-7,10-13,16H,8-9,14-15H2,1-3H3,(H,30,33). The van der Waals surface area contributed by atoms with Crippen LogP contribution in [0.1, 0.15) is 26.6 Å². The molecule has 2 aromatic heterocycles. The Morgan fingerprint density at radius 1 is 1.05 bits per heavy atom. The van der Waals surface area contributed by atoms with Gasteiger partial charge >= 0.3 is 0 Å². The Balaban J connectivity index is 1.61. The van der Waals surface area contributed by atoms with Gasteiger partial charge in [0.15, 0.2) is 0 Å². The lowest BCUT2D eigenvalue weighted by atomic mass is 10.2. The van der Waals surface area contributed by atoms with Gasteiger partial charge in [0.05, 0.1) is 30.7 Å². The maximum absolute atomic E-state index is 12.9. The van der Waals surface area contributed by atoms with Crippen LogP contribution < -0.4 is 14.8 Å². The Labute approximate surface area is 229 Å². The van der Waals surface area contributed by atoms with E-state index < -0.39 is 0 Å². The average Bonchev–Trinajstić information content (AvgIpc) is 3.47. The van der Waals surface area contributed by atoms with E-state index in [0.717, 1.165) is 33.4 Å². The molecule has 0 atom stereocenters. The fraction of sp³-hybridized carbons (Fsp3) is 0.259. The lowest BCUT2D eigenvalue weighted by Gasteiger charge is -2.12. The van der Waals surface area contributed by atoms with Crippen LogP contribution in [0.4, 0.5) is 0 Å². The number of hydrogen-bond acceptors (Lipinski definition) is 6. The number of carbonyl (C=O) groups excluding carboxylic acids is 1. The van der Waals surface area contributed by atoms with Crippen molar-refractivity contribution in [2.75, 3.05) is 27.4 Å². The van der Waals surface area contributed by atoms with Crippen LogP contribution in [0.3, 0.4) is 0 Å². The molecule has 0 aliphatic rings. The van der Waals surface area contributed by atoms with Crippen molar-refractivity contribution in [2.45, 2.75) is 20.1 Å². The number of rotatable bonds is 11. The first kappa shape index (κ1) is 27.0. The van der Waals surface area contributed by atoms with E-state index >= 15 is 0 Å². The largest absolute Gasteiger partial charge is 0.497 e. The molecule has 2 heterocycles. The summed E-state index contributed by atoms with van der Waals surface area (Å²) in [6.07, 6.45) is 0. The second-order valence-electron chi connectivity index (χ2n) is 8.23. The molecule has 2 aromatic carbocycles. The van der Waals surface area contributed by atoms with E-state index in [4.69, 9.17) is 42.4 Å². The van der Waals surface area contributed by atoms with E-state index in [1.165, 1.54) is 11.3 Å². The monoisotopic (exact) mass is 559 g/mol. The molecular formula is C27H27Cl2N3O4S. The maximum Gasteiger partial charge on any atom is 0.253 e. The van der Waals surface area contributed by atoms with Crippen LogP contribution in [0.5, 0.6) is 11.5 Å². The van der Waals surface area contributed by atoms with Gasteiger partial charge in [0.25, 0.3) is 5.91 Å². The maximum atomic E-state index is 12.9. The molecule has 4 aromatic rings. The predicted molar refractivity (Wildman–Crippen MR) is 147 cm³/mol. The first-order valence-electron chi connectivity index (χ1n) is 11.5. The Morgan fingerprint density at radius 2 is 1.78 bits per heavy atom. The van der Waals surface area contributed by atoms with Crippen molar-refractivity contribution in [3.05, 3.63) is 85.8 Å². The van der Waals surface area contributed by atoms with E-state index in [1.54, 1.807) is 32.4 Å². The van der Waals surface area contributed by atoms with Gasteiger partial charge in [-0.2, -0.15) is 0 Å². The number of hydrogen-bond donors (Lipinski definition) is 1. The highest BCUT2D eigenvalue weighted by atomic mass is 35.5. The number of nitrogens with zero attached hydrogens (tertiary/aromatic N) is 2. The lowest BCUT2D eigenvalue weighted by molar-refractivity contribution is 0.0936. The molecule has 194 valence electrons. The number of ether oxygens (including phenoxy) is 3. The van der Waals surface area contributed by atoms with Crippen LogP contribution in [0.2, 0.25) is 10.0 Å². The molecule has 0 saturated carbocycles. The van der Waals surface area contributed by atoms with Crippen LogP contribution >= 0.6 is 34.5 Å².